The topological polar surface area (TPSA) is 141 Å². The number of rotatable bonds is 7. The lowest BCUT2D eigenvalue weighted by atomic mass is 10.00. The lowest BCUT2D eigenvalue weighted by molar-refractivity contribution is 0.0662. The van der Waals surface area contributed by atoms with Gasteiger partial charge in [-0.3, -0.25) is 14.3 Å². The van der Waals surface area contributed by atoms with Crippen LogP contribution in [-0.2, 0) is 4.74 Å². The Labute approximate surface area is 269 Å². The molecule has 1 fully saturated rings. The van der Waals surface area contributed by atoms with Crippen LogP contribution in [0.2, 0.25) is 0 Å². The van der Waals surface area contributed by atoms with Crippen LogP contribution in [0.25, 0.3) is 33.4 Å². The molecule has 47 heavy (non-hydrogen) atoms. The van der Waals surface area contributed by atoms with E-state index in [1.807, 2.05) is 16.9 Å². The Balaban J connectivity index is 1.29. The molecule has 238 valence electrons. The molecule has 0 bridgehead atoms. The molecule has 4 heterocycles. The average molecular weight is 636 g/mol. The molecular formula is C35H31F2N7O3. The summed E-state index contributed by atoms with van der Waals surface area (Å²) in [7, 11) is 0. The van der Waals surface area contributed by atoms with Crippen LogP contribution in [0.15, 0.2) is 78.1 Å². The highest BCUT2D eigenvalue weighted by atomic mass is 19.1. The lowest BCUT2D eigenvalue weighted by Crippen LogP contribution is -2.27. The number of halogens is 2. The monoisotopic (exact) mass is 635 g/mol. The molecule has 5 aromatic rings. The normalized spacial score (nSPS) is 13.4. The number of nitrogens with zero attached hydrogens (tertiary/aromatic N) is 5. The number of nitriles is 1. The number of carbonyl (C=O) groups excluding carboxylic acids is 1. The summed E-state index contributed by atoms with van der Waals surface area (Å²) < 4.78 is 38.1. The molecule has 0 aliphatic carbocycles. The van der Waals surface area contributed by atoms with Crippen LogP contribution in [0.3, 0.4) is 0 Å². The minimum absolute atomic E-state index is 0.0310. The highest BCUT2D eigenvalue weighted by molar-refractivity contribution is 6.05. The third-order valence-electron chi connectivity index (χ3n) is 8.21. The fourth-order valence-corrected chi connectivity index (χ4v) is 5.70. The number of nitrogens with two attached hydrogens (primary N) is 1. The van der Waals surface area contributed by atoms with Crippen molar-refractivity contribution in [2.45, 2.75) is 38.8 Å². The first-order valence-corrected chi connectivity index (χ1v) is 15.1. The van der Waals surface area contributed by atoms with E-state index < -0.39 is 23.0 Å². The van der Waals surface area contributed by atoms with E-state index in [1.54, 1.807) is 32.3 Å². The van der Waals surface area contributed by atoms with Gasteiger partial charge in [-0.05, 0) is 68.7 Å². The Morgan fingerprint density at radius 1 is 1.02 bits per heavy atom. The Morgan fingerprint density at radius 3 is 2.45 bits per heavy atom. The largest absolute Gasteiger partial charge is 0.383 e. The zero-order chi connectivity index (χ0) is 33.2. The number of hydrogen-bond donors (Lipinski definition) is 2. The molecule has 10 nitrogen and oxygen atoms in total. The standard InChI is InChI=1S/C35H31F2N7O3/c1-20(2)43-19-29(33(45)32(31(43)15-38)21-3-5-24(36)6-4-21)35(46)42-25-7-8-27(30(37)14-25)28-13-22(16-40-34(28)39)23-17-41-44(18-23)26-9-11-47-12-10-26/h3-8,13-14,16-20,26H,9-12H2,1-2H3,(H2,39,40)(H,42,46). The highest BCUT2D eigenvalue weighted by Crippen LogP contribution is 2.33. The minimum Gasteiger partial charge on any atom is -0.383 e. The van der Waals surface area contributed by atoms with Gasteiger partial charge in [0.15, 0.2) is 0 Å². The van der Waals surface area contributed by atoms with Crippen LogP contribution in [0, 0.1) is 23.0 Å². The van der Waals surface area contributed by atoms with Crippen LogP contribution in [-0.4, -0.2) is 38.5 Å². The molecular weight excluding hydrogens is 604 g/mol. The quantitative estimate of drug-likeness (QED) is 0.212. The maximum atomic E-state index is 15.6. The molecule has 0 spiro atoms. The molecule has 0 atom stereocenters. The maximum absolute atomic E-state index is 15.6. The number of ether oxygens (including phenoxy) is 1. The van der Waals surface area contributed by atoms with E-state index in [-0.39, 0.29) is 51.5 Å². The van der Waals surface area contributed by atoms with Gasteiger partial charge in [-0.1, -0.05) is 12.1 Å². The van der Waals surface area contributed by atoms with Gasteiger partial charge in [-0.2, -0.15) is 10.4 Å². The van der Waals surface area contributed by atoms with Gasteiger partial charge in [0.05, 0.1) is 17.8 Å². The summed E-state index contributed by atoms with van der Waals surface area (Å²) in [5.74, 6) is -1.85. The minimum atomic E-state index is -0.797. The lowest BCUT2D eigenvalue weighted by Gasteiger charge is -2.22. The first-order chi connectivity index (χ1) is 22.6. The van der Waals surface area contributed by atoms with Crippen molar-refractivity contribution in [1.29, 1.82) is 5.26 Å². The van der Waals surface area contributed by atoms with E-state index in [2.05, 4.69) is 15.4 Å². The third kappa shape index (κ3) is 6.25. The van der Waals surface area contributed by atoms with E-state index in [1.165, 1.54) is 47.2 Å². The predicted octanol–water partition coefficient (Wildman–Crippen LogP) is 6.36. The van der Waals surface area contributed by atoms with Gasteiger partial charge in [-0.25, -0.2) is 13.8 Å². The average Bonchev–Trinajstić information content (AvgIpc) is 3.56. The van der Waals surface area contributed by atoms with Gasteiger partial charge < -0.3 is 20.4 Å². The fraction of sp³-hybridized carbons (Fsp3) is 0.229. The van der Waals surface area contributed by atoms with Crippen molar-refractivity contribution in [1.82, 2.24) is 19.3 Å². The van der Waals surface area contributed by atoms with E-state index in [4.69, 9.17) is 10.5 Å². The van der Waals surface area contributed by atoms with Gasteiger partial charge in [-0.15, -0.1) is 0 Å². The second-order valence-corrected chi connectivity index (χ2v) is 11.6. The number of pyridine rings is 2. The molecule has 1 amide bonds. The molecule has 0 radical (unpaired) electrons. The summed E-state index contributed by atoms with van der Waals surface area (Å²) in [5, 5.41) is 17.0. The van der Waals surface area contributed by atoms with E-state index in [9.17, 15) is 19.2 Å². The fourth-order valence-electron chi connectivity index (χ4n) is 5.70. The van der Waals surface area contributed by atoms with Gasteiger partial charge in [0.25, 0.3) is 5.91 Å². The highest BCUT2D eigenvalue weighted by Gasteiger charge is 2.23. The summed E-state index contributed by atoms with van der Waals surface area (Å²) in [5.41, 5.74) is 7.65. The molecule has 1 aliphatic rings. The van der Waals surface area contributed by atoms with Crippen molar-refractivity contribution < 1.29 is 18.3 Å². The van der Waals surface area contributed by atoms with E-state index >= 15 is 4.39 Å². The Bertz CT molecular complexity index is 2070. The SMILES string of the molecule is CC(C)n1cc(C(=O)Nc2ccc(-c3cc(-c4cnn(C5CCOCC5)c4)cnc3N)c(F)c2)c(=O)c(-c2ccc(F)cc2)c1C#N. The number of benzene rings is 2. The molecule has 3 aromatic heterocycles. The number of nitrogen functional groups attached to an aromatic ring is 1. The Morgan fingerprint density at radius 2 is 1.77 bits per heavy atom. The van der Waals surface area contributed by atoms with Crippen molar-refractivity contribution in [3.05, 3.63) is 106 Å². The van der Waals surface area contributed by atoms with Crippen LogP contribution in [0.5, 0.6) is 0 Å². The van der Waals surface area contributed by atoms with Gasteiger partial charge in [0, 0.05) is 65.8 Å². The summed E-state index contributed by atoms with van der Waals surface area (Å²) in [6, 6.07) is 12.9. The Hall–Kier alpha value is -5.67. The van der Waals surface area contributed by atoms with Crippen LogP contribution in [0.4, 0.5) is 20.3 Å². The zero-order valence-corrected chi connectivity index (χ0v) is 25.7. The molecule has 1 saturated heterocycles. The van der Waals surface area contributed by atoms with Crippen molar-refractivity contribution in [2.24, 2.45) is 0 Å². The van der Waals surface area contributed by atoms with Gasteiger partial charge >= 0.3 is 0 Å². The van der Waals surface area contributed by atoms with E-state index in [0.29, 0.717) is 24.3 Å². The third-order valence-corrected chi connectivity index (χ3v) is 8.21. The van der Waals surface area contributed by atoms with Gasteiger partial charge in [0.1, 0.15) is 34.8 Å². The number of anilines is 2. The van der Waals surface area contributed by atoms with Crippen LogP contribution < -0.4 is 16.5 Å². The number of aromatic nitrogens is 4. The molecule has 0 saturated carbocycles. The Kier molecular flexibility index (Phi) is 8.65. The van der Waals surface area contributed by atoms with E-state index in [0.717, 1.165) is 24.5 Å². The summed E-state index contributed by atoms with van der Waals surface area (Å²) in [4.78, 5) is 31.3. The molecule has 6 rings (SSSR count). The van der Waals surface area contributed by atoms with Crippen molar-refractivity contribution in [3.8, 4) is 39.4 Å². The zero-order valence-electron chi connectivity index (χ0n) is 25.7. The summed E-state index contributed by atoms with van der Waals surface area (Å²) in [6.07, 6.45) is 8.32. The molecule has 12 heteroatoms. The molecule has 0 unspecified atom stereocenters. The smallest absolute Gasteiger partial charge is 0.261 e. The van der Waals surface area contributed by atoms with Crippen LogP contribution >= 0.6 is 0 Å². The first kappa shape index (κ1) is 31.3. The predicted molar refractivity (Wildman–Crippen MR) is 174 cm³/mol. The number of hydrogen-bond acceptors (Lipinski definition) is 7. The molecule has 2 aromatic carbocycles. The van der Waals surface area contributed by atoms with Crippen molar-refractivity contribution in [3.63, 3.8) is 0 Å². The summed E-state index contributed by atoms with van der Waals surface area (Å²) >= 11 is 0. The second-order valence-electron chi connectivity index (χ2n) is 11.6. The first-order valence-electron chi connectivity index (χ1n) is 15.1. The maximum Gasteiger partial charge on any atom is 0.261 e. The molecule has 3 N–H and O–H groups in total. The van der Waals surface area contributed by atoms with Gasteiger partial charge in [0.2, 0.25) is 5.43 Å². The number of nitrogens with one attached hydrogen (secondary N) is 1. The molecule has 1 aliphatic heterocycles. The number of carbonyl (C=O) groups is 1. The summed E-state index contributed by atoms with van der Waals surface area (Å²) in [6.45, 7) is 4.96. The van der Waals surface area contributed by atoms with Crippen molar-refractivity contribution >= 4 is 17.4 Å². The second kappa shape index (κ2) is 13.0. The van der Waals surface area contributed by atoms with Crippen molar-refractivity contribution in [2.75, 3.05) is 24.3 Å². The van der Waals surface area contributed by atoms with Crippen LogP contribution in [0.1, 0.15) is 54.8 Å². The number of amides is 1.